The highest BCUT2D eigenvalue weighted by Crippen LogP contribution is 2.77. The summed E-state index contributed by atoms with van der Waals surface area (Å²) in [7, 11) is 0. The first-order valence-corrected chi connectivity index (χ1v) is 6.96. The van der Waals surface area contributed by atoms with Crippen molar-refractivity contribution in [2.75, 3.05) is 6.61 Å². The Bertz CT molecular complexity index is 474. The quantitative estimate of drug-likeness (QED) is 0.489. The maximum atomic E-state index is 11.7. The molecule has 2 nitrogen and oxygen atoms in total. The maximum absolute atomic E-state index is 11.7. The molecule has 0 radical (unpaired) electrons. The second kappa shape index (κ2) is 3.34. The van der Waals surface area contributed by atoms with Crippen LogP contribution in [0.1, 0.15) is 0 Å². The molecule has 0 aromatic carbocycles. The lowest BCUT2D eigenvalue weighted by atomic mass is 9.84. The number of allylic oxidation sites excluding steroid dienone is 2. The summed E-state index contributed by atoms with van der Waals surface area (Å²) in [6.45, 7) is 0.0864. The molecular formula is C9H4Cl6O2. The topological polar surface area (TPSA) is 26.3 Å². The van der Waals surface area contributed by atoms with E-state index in [0.29, 0.717) is 0 Å². The number of alkyl halides is 4. The van der Waals surface area contributed by atoms with Crippen molar-refractivity contribution in [3.63, 3.8) is 0 Å². The third kappa shape index (κ3) is 1.05. The van der Waals surface area contributed by atoms with E-state index in [1.54, 1.807) is 0 Å². The lowest BCUT2D eigenvalue weighted by Crippen LogP contribution is -2.46. The van der Waals surface area contributed by atoms with Crippen molar-refractivity contribution in [3.8, 4) is 0 Å². The van der Waals surface area contributed by atoms with E-state index in [-0.39, 0.29) is 16.7 Å². The van der Waals surface area contributed by atoms with Crippen molar-refractivity contribution >= 4 is 75.6 Å². The molecule has 0 amide bonds. The number of fused-ring (bicyclic) bond motifs is 5. The van der Waals surface area contributed by atoms with E-state index in [2.05, 4.69) is 0 Å². The van der Waals surface area contributed by atoms with Crippen molar-refractivity contribution in [3.05, 3.63) is 10.1 Å². The zero-order valence-corrected chi connectivity index (χ0v) is 12.5. The molecule has 0 spiro atoms. The number of hydrogen-bond acceptors (Lipinski definition) is 2. The molecule has 1 saturated heterocycles. The molecule has 8 heteroatoms. The van der Waals surface area contributed by atoms with Gasteiger partial charge in [-0.25, -0.2) is 0 Å². The summed E-state index contributed by atoms with van der Waals surface area (Å²) in [5.74, 6) is -1.74. The number of rotatable bonds is 0. The highest BCUT2D eigenvalue weighted by molar-refractivity contribution is 6.66. The van der Waals surface area contributed by atoms with Crippen molar-refractivity contribution in [2.24, 2.45) is 11.8 Å². The summed E-state index contributed by atoms with van der Waals surface area (Å²) in [4.78, 5) is 8.83. The Balaban J connectivity index is 2.32. The van der Waals surface area contributed by atoms with Gasteiger partial charge in [0.05, 0.1) is 22.6 Å². The minimum atomic E-state index is -1.65. The summed E-state index contributed by atoms with van der Waals surface area (Å²) in [6.07, 6.45) is 0. The van der Waals surface area contributed by atoms with Gasteiger partial charge in [-0.3, -0.25) is 4.79 Å². The Morgan fingerprint density at radius 3 is 2.18 bits per heavy atom. The number of carbonyl (C=O) groups excluding carboxylic acids is 1. The summed E-state index contributed by atoms with van der Waals surface area (Å²) >= 11 is 37.5. The van der Waals surface area contributed by atoms with Crippen molar-refractivity contribution in [2.45, 2.75) is 14.1 Å². The molecule has 94 valence electrons. The Hall–Kier alpha value is 0.950. The molecule has 0 N–H and O–H groups in total. The lowest BCUT2D eigenvalue weighted by molar-refractivity contribution is -0.141. The summed E-state index contributed by atoms with van der Waals surface area (Å²) in [5.41, 5.74) is 0. The monoisotopic (exact) mass is 354 g/mol. The van der Waals surface area contributed by atoms with Crippen LogP contribution in [0.25, 0.3) is 0 Å². The van der Waals surface area contributed by atoms with Crippen molar-refractivity contribution in [1.29, 1.82) is 0 Å². The Morgan fingerprint density at radius 2 is 1.59 bits per heavy atom. The first-order chi connectivity index (χ1) is 7.70. The van der Waals surface area contributed by atoms with E-state index < -0.39 is 31.9 Å². The molecule has 2 unspecified atom stereocenters. The number of halogens is 6. The van der Waals surface area contributed by atoms with Gasteiger partial charge in [0.25, 0.3) is 0 Å². The standard InChI is InChI=1S/C9H4Cl6O2/c10-4-5(11)8(13)3-2(1-17-6(3)16)7(4,12)9(8,14)15/h2-3H,1H2/t2?,3?,7-,8+/m0/s1. The molecular weight excluding hydrogens is 353 g/mol. The number of hydrogen-bond donors (Lipinski definition) is 0. The van der Waals surface area contributed by atoms with E-state index in [4.69, 9.17) is 74.3 Å². The third-order valence-corrected chi connectivity index (χ3v) is 8.05. The molecule has 2 bridgehead atoms. The summed E-state index contributed by atoms with van der Waals surface area (Å²) in [5, 5.41) is 0.126. The Kier molecular flexibility index (Phi) is 2.54. The summed E-state index contributed by atoms with van der Waals surface area (Å²) < 4.78 is 3.31. The predicted molar refractivity (Wildman–Crippen MR) is 68.3 cm³/mol. The molecule has 1 heterocycles. The smallest absolute Gasteiger partial charge is 0.311 e. The SMILES string of the molecule is O=C1OCC2C1[C@@]1(Cl)C(Cl)=C(Cl)[C@]2(Cl)C1(Cl)Cl. The van der Waals surface area contributed by atoms with E-state index in [1.807, 2.05) is 0 Å². The molecule has 0 aromatic heterocycles. The Labute approximate surface area is 127 Å². The second-order valence-electron chi connectivity index (χ2n) is 4.34. The molecule has 17 heavy (non-hydrogen) atoms. The van der Waals surface area contributed by atoms with Gasteiger partial charge < -0.3 is 4.74 Å². The molecule has 1 saturated carbocycles. The normalized spacial score (nSPS) is 50.8. The van der Waals surface area contributed by atoms with Crippen LogP contribution in [0.5, 0.6) is 0 Å². The zero-order chi connectivity index (χ0) is 12.8. The van der Waals surface area contributed by atoms with E-state index >= 15 is 0 Å². The number of cyclic esters (lactones) is 1. The minimum Gasteiger partial charge on any atom is -0.465 e. The van der Waals surface area contributed by atoms with Gasteiger partial charge in [0.2, 0.25) is 0 Å². The molecule has 4 atom stereocenters. The number of ether oxygens (including phenoxy) is 1. The van der Waals surface area contributed by atoms with Gasteiger partial charge in [0, 0.05) is 5.92 Å². The van der Waals surface area contributed by atoms with Gasteiger partial charge in [-0.15, -0.1) is 23.2 Å². The average molecular weight is 357 g/mol. The highest BCUT2D eigenvalue weighted by Gasteiger charge is 2.85. The maximum Gasteiger partial charge on any atom is 0.311 e. The van der Waals surface area contributed by atoms with E-state index in [1.165, 1.54) is 0 Å². The van der Waals surface area contributed by atoms with Gasteiger partial charge in [-0.05, 0) is 0 Å². The van der Waals surface area contributed by atoms with Gasteiger partial charge in [-0.1, -0.05) is 46.4 Å². The molecule has 2 fully saturated rings. The fraction of sp³-hybridized carbons (Fsp3) is 0.667. The summed E-state index contributed by atoms with van der Waals surface area (Å²) in [6, 6.07) is 0. The van der Waals surface area contributed by atoms with Crippen LogP contribution < -0.4 is 0 Å². The second-order valence-corrected chi connectivity index (χ2v) is 7.62. The predicted octanol–water partition coefficient (Wildman–Crippen LogP) is 3.62. The van der Waals surface area contributed by atoms with Crippen LogP contribution in [0.4, 0.5) is 0 Å². The van der Waals surface area contributed by atoms with Gasteiger partial charge in [-0.2, -0.15) is 0 Å². The van der Waals surface area contributed by atoms with Gasteiger partial charge in [0.15, 0.2) is 4.33 Å². The molecule has 2 aliphatic carbocycles. The third-order valence-electron chi connectivity index (χ3n) is 3.75. The van der Waals surface area contributed by atoms with E-state index in [0.717, 1.165) is 0 Å². The molecule has 3 aliphatic rings. The number of esters is 1. The lowest BCUT2D eigenvalue weighted by Gasteiger charge is -2.33. The van der Waals surface area contributed by atoms with Crippen molar-refractivity contribution < 1.29 is 9.53 Å². The van der Waals surface area contributed by atoms with Crippen LogP contribution in [-0.4, -0.2) is 26.7 Å². The first-order valence-electron chi connectivity index (χ1n) is 4.69. The largest absolute Gasteiger partial charge is 0.465 e. The zero-order valence-electron chi connectivity index (χ0n) is 7.95. The van der Waals surface area contributed by atoms with Crippen LogP contribution in [0, 0.1) is 11.8 Å². The van der Waals surface area contributed by atoms with Gasteiger partial charge >= 0.3 is 5.97 Å². The fourth-order valence-electron chi connectivity index (χ4n) is 2.89. The molecule has 1 aliphatic heterocycles. The van der Waals surface area contributed by atoms with Crippen LogP contribution in [-0.2, 0) is 9.53 Å². The van der Waals surface area contributed by atoms with Gasteiger partial charge in [0.1, 0.15) is 9.75 Å². The van der Waals surface area contributed by atoms with Crippen LogP contribution in [0.3, 0.4) is 0 Å². The Morgan fingerprint density at radius 1 is 1.06 bits per heavy atom. The van der Waals surface area contributed by atoms with Crippen LogP contribution >= 0.6 is 69.6 Å². The van der Waals surface area contributed by atoms with Crippen LogP contribution in [0.2, 0.25) is 0 Å². The fourth-order valence-corrected chi connectivity index (χ4v) is 5.88. The highest BCUT2D eigenvalue weighted by atomic mass is 35.5. The molecule has 0 aromatic rings. The van der Waals surface area contributed by atoms with E-state index in [9.17, 15) is 4.79 Å². The minimum absolute atomic E-state index is 0.0286. The van der Waals surface area contributed by atoms with Crippen molar-refractivity contribution in [1.82, 2.24) is 0 Å². The van der Waals surface area contributed by atoms with Crippen LogP contribution in [0.15, 0.2) is 10.1 Å². The average Bonchev–Trinajstić information content (AvgIpc) is 2.73. The molecule has 3 rings (SSSR count). The number of carbonyl (C=O) groups is 1. The first kappa shape index (κ1) is 13.0.